The van der Waals surface area contributed by atoms with E-state index in [9.17, 15) is 26.0 Å². The van der Waals surface area contributed by atoms with Crippen molar-refractivity contribution < 1.29 is 30.7 Å². The Bertz CT molecular complexity index is 947. The summed E-state index contributed by atoms with van der Waals surface area (Å²) in [4.78, 5) is 0.648. The number of halogens is 4. The molecule has 146 valence electrons. The molecule has 2 aromatic carbocycles. The van der Waals surface area contributed by atoms with E-state index in [1.165, 1.54) is 24.3 Å². The van der Waals surface area contributed by atoms with E-state index in [2.05, 4.69) is 0 Å². The van der Waals surface area contributed by atoms with Gasteiger partial charge in [-0.3, -0.25) is 0 Å². The topological polar surface area (TPSA) is 72.6 Å². The van der Waals surface area contributed by atoms with E-state index < -0.39 is 38.6 Å². The number of anilines is 1. The van der Waals surface area contributed by atoms with E-state index in [-0.39, 0.29) is 18.8 Å². The fourth-order valence-electron chi connectivity index (χ4n) is 2.98. The number of benzene rings is 2. The van der Waals surface area contributed by atoms with Gasteiger partial charge in [-0.05, 0) is 35.9 Å². The molecule has 1 aliphatic heterocycles. The van der Waals surface area contributed by atoms with Gasteiger partial charge >= 0.3 is 6.18 Å². The van der Waals surface area contributed by atoms with Crippen LogP contribution in [0.5, 0.6) is 0 Å². The van der Waals surface area contributed by atoms with Crippen LogP contribution in [0.15, 0.2) is 47.4 Å². The van der Waals surface area contributed by atoms with Crippen molar-refractivity contribution in [2.24, 2.45) is 5.14 Å². The third-order valence-electron chi connectivity index (χ3n) is 4.23. The van der Waals surface area contributed by atoms with E-state index >= 15 is 0 Å². The second-order valence-corrected chi connectivity index (χ2v) is 7.61. The van der Waals surface area contributed by atoms with Crippen molar-refractivity contribution >= 4 is 15.7 Å². The van der Waals surface area contributed by atoms with Gasteiger partial charge < -0.3 is 9.64 Å². The standard InChI is InChI=1S/C17H16F4N2O3S/c18-12-3-1-2-11(8-12)15-10-23(6-7-26-15)13-4-5-16(27(22,24)25)14(9-13)17(19,20)21/h1-5,8-9,15H,6-7,10H2,(H2,22,24,25). The number of morpholine rings is 1. The highest BCUT2D eigenvalue weighted by Gasteiger charge is 2.37. The van der Waals surface area contributed by atoms with Gasteiger partial charge in [-0.15, -0.1) is 0 Å². The summed E-state index contributed by atoms with van der Waals surface area (Å²) in [5.74, 6) is -0.440. The van der Waals surface area contributed by atoms with Crippen LogP contribution in [0.1, 0.15) is 17.2 Å². The van der Waals surface area contributed by atoms with Crippen LogP contribution in [0.2, 0.25) is 0 Å². The van der Waals surface area contributed by atoms with E-state index in [4.69, 9.17) is 9.88 Å². The Balaban J connectivity index is 1.94. The summed E-state index contributed by atoms with van der Waals surface area (Å²) >= 11 is 0. The van der Waals surface area contributed by atoms with Gasteiger partial charge in [0.1, 0.15) is 11.9 Å². The summed E-state index contributed by atoms with van der Waals surface area (Å²) in [5, 5.41) is 4.90. The molecule has 2 aromatic rings. The normalized spacial score (nSPS) is 18.6. The second kappa shape index (κ2) is 7.10. The van der Waals surface area contributed by atoms with Crippen LogP contribution < -0.4 is 10.0 Å². The molecule has 0 saturated carbocycles. The summed E-state index contributed by atoms with van der Waals surface area (Å²) in [7, 11) is -4.53. The van der Waals surface area contributed by atoms with Crippen LogP contribution in [0, 0.1) is 5.82 Å². The molecule has 1 saturated heterocycles. The monoisotopic (exact) mass is 404 g/mol. The number of hydrogen-bond donors (Lipinski definition) is 1. The lowest BCUT2D eigenvalue weighted by Crippen LogP contribution is -2.38. The van der Waals surface area contributed by atoms with Gasteiger partial charge in [-0.25, -0.2) is 17.9 Å². The van der Waals surface area contributed by atoms with Crippen LogP contribution in [-0.2, 0) is 20.9 Å². The molecule has 0 spiro atoms. The smallest absolute Gasteiger partial charge is 0.370 e. The molecule has 2 N–H and O–H groups in total. The molecule has 1 unspecified atom stereocenters. The maximum absolute atomic E-state index is 13.4. The molecule has 1 heterocycles. The average Bonchev–Trinajstić information content (AvgIpc) is 2.60. The van der Waals surface area contributed by atoms with Crippen LogP contribution in [0.25, 0.3) is 0 Å². The van der Waals surface area contributed by atoms with Crippen molar-refractivity contribution in [3.05, 3.63) is 59.4 Å². The minimum Gasteiger partial charge on any atom is -0.370 e. The Morgan fingerprint density at radius 2 is 1.89 bits per heavy atom. The van der Waals surface area contributed by atoms with Crippen molar-refractivity contribution in [3.8, 4) is 0 Å². The molecule has 0 aliphatic carbocycles. The van der Waals surface area contributed by atoms with E-state index in [1.807, 2.05) is 0 Å². The summed E-state index contributed by atoms with van der Waals surface area (Å²) in [6, 6.07) is 8.65. The minimum absolute atomic E-state index is 0.180. The molecule has 5 nitrogen and oxygen atoms in total. The van der Waals surface area contributed by atoms with Crippen molar-refractivity contribution in [2.45, 2.75) is 17.2 Å². The maximum Gasteiger partial charge on any atom is 0.417 e. The van der Waals surface area contributed by atoms with Crippen LogP contribution >= 0.6 is 0 Å². The molecule has 0 bridgehead atoms. The van der Waals surface area contributed by atoms with Crippen molar-refractivity contribution in [1.82, 2.24) is 0 Å². The van der Waals surface area contributed by atoms with Crippen molar-refractivity contribution in [3.63, 3.8) is 0 Å². The molecule has 1 fully saturated rings. The largest absolute Gasteiger partial charge is 0.417 e. The van der Waals surface area contributed by atoms with Gasteiger partial charge in [-0.2, -0.15) is 13.2 Å². The summed E-state index contributed by atoms with van der Waals surface area (Å²) in [6.07, 6.45) is -5.41. The van der Waals surface area contributed by atoms with Crippen LogP contribution in [0.3, 0.4) is 0 Å². The van der Waals surface area contributed by atoms with E-state index in [0.717, 1.165) is 12.1 Å². The highest BCUT2D eigenvalue weighted by atomic mass is 32.2. The number of rotatable bonds is 3. The SMILES string of the molecule is NS(=O)(=O)c1ccc(N2CCOC(c3cccc(F)c3)C2)cc1C(F)(F)F. The molecule has 0 aromatic heterocycles. The average molecular weight is 404 g/mol. The zero-order valence-electron chi connectivity index (χ0n) is 13.9. The third-order valence-corrected chi connectivity index (χ3v) is 5.20. The second-order valence-electron chi connectivity index (χ2n) is 6.08. The van der Waals surface area contributed by atoms with Gasteiger partial charge in [0.2, 0.25) is 10.0 Å². The molecule has 3 rings (SSSR count). The number of nitrogens with zero attached hydrogens (tertiary/aromatic N) is 1. The number of primary sulfonamides is 1. The van der Waals surface area contributed by atoms with Gasteiger partial charge in [0.15, 0.2) is 0 Å². The first-order chi connectivity index (χ1) is 12.6. The number of nitrogens with two attached hydrogens (primary N) is 1. The quantitative estimate of drug-likeness (QED) is 0.798. The Labute approximate surface area is 153 Å². The molecule has 10 heteroatoms. The molecule has 1 atom stereocenters. The summed E-state index contributed by atoms with van der Waals surface area (Å²) in [6.45, 7) is 0.715. The highest BCUT2D eigenvalue weighted by Crippen LogP contribution is 2.37. The van der Waals surface area contributed by atoms with Gasteiger partial charge in [0.05, 0.1) is 17.1 Å². The predicted molar refractivity (Wildman–Crippen MR) is 90.1 cm³/mol. The fraction of sp³-hybridized carbons (Fsp3) is 0.294. The third kappa shape index (κ3) is 4.40. The molecular weight excluding hydrogens is 388 g/mol. The molecular formula is C17H16F4N2O3S. The Hall–Kier alpha value is -2.17. The Morgan fingerprint density at radius 3 is 2.52 bits per heavy atom. The van der Waals surface area contributed by atoms with E-state index in [0.29, 0.717) is 12.1 Å². The Kier molecular flexibility index (Phi) is 5.15. The number of alkyl halides is 3. The minimum atomic E-state index is -4.88. The van der Waals surface area contributed by atoms with E-state index in [1.54, 1.807) is 11.0 Å². The maximum atomic E-state index is 13.4. The molecule has 27 heavy (non-hydrogen) atoms. The molecule has 0 radical (unpaired) electrons. The van der Waals surface area contributed by atoms with Crippen molar-refractivity contribution in [1.29, 1.82) is 0 Å². The lowest BCUT2D eigenvalue weighted by molar-refractivity contribution is -0.139. The highest BCUT2D eigenvalue weighted by molar-refractivity contribution is 7.89. The lowest BCUT2D eigenvalue weighted by atomic mass is 10.1. The first kappa shape index (κ1) is 19.6. The van der Waals surface area contributed by atoms with Crippen LogP contribution in [-0.4, -0.2) is 28.1 Å². The first-order valence-corrected chi connectivity index (χ1v) is 9.46. The van der Waals surface area contributed by atoms with Gasteiger partial charge in [0.25, 0.3) is 0 Å². The van der Waals surface area contributed by atoms with Crippen molar-refractivity contribution in [2.75, 3.05) is 24.6 Å². The fourth-order valence-corrected chi connectivity index (χ4v) is 3.72. The zero-order valence-corrected chi connectivity index (χ0v) is 14.7. The first-order valence-electron chi connectivity index (χ1n) is 7.92. The molecule has 1 aliphatic rings. The lowest BCUT2D eigenvalue weighted by Gasteiger charge is -2.35. The summed E-state index contributed by atoms with van der Waals surface area (Å²) in [5.41, 5.74) is -0.576. The number of hydrogen-bond acceptors (Lipinski definition) is 4. The van der Waals surface area contributed by atoms with Gasteiger partial charge in [0, 0.05) is 18.8 Å². The number of ether oxygens (including phenoxy) is 1. The van der Waals surface area contributed by atoms with Gasteiger partial charge in [-0.1, -0.05) is 12.1 Å². The number of sulfonamides is 1. The summed E-state index contributed by atoms with van der Waals surface area (Å²) < 4.78 is 81.9. The van der Waals surface area contributed by atoms with Crippen LogP contribution in [0.4, 0.5) is 23.2 Å². The zero-order chi connectivity index (χ0) is 19.8. The molecule has 0 amide bonds. The predicted octanol–water partition coefficient (Wildman–Crippen LogP) is 3.07. The Morgan fingerprint density at radius 1 is 1.15 bits per heavy atom.